The lowest BCUT2D eigenvalue weighted by molar-refractivity contribution is 0.617. The predicted octanol–water partition coefficient (Wildman–Crippen LogP) is 3.58. The fourth-order valence-corrected chi connectivity index (χ4v) is 2.32. The molecule has 0 bridgehead atoms. The molecular weight excluding hydrogens is 309 g/mol. The molecule has 5 heteroatoms. The normalized spacial score (nSPS) is 10.9. The quantitative estimate of drug-likeness (QED) is 0.851. The zero-order valence-electron chi connectivity index (χ0n) is 11.1. The lowest BCUT2D eigenvalue weighted by Gasteiger charge is -2.07. The van der Waals surface area contributed by atoms with Gasteiger partial charge in [-0.1, -0.05) is 6.92 Å². The maximum Gasteiger partial charge on any atom is 0.139 e. The van der Waals surface area contributed by atoms with E-state index in [-0.39, 0.29) is 5.82 Å². The van der Waals surface area contributed by atoms with Crippen LogP contribution in [-0.2, 0) is 6.54 Å². The summed E-state index contributed by atoms with van der Waals surface area (Å²) in [7, 11) is 0. The van der Waals surface area contributed by atoms with Crippen LogP contribution in [0.3, 0.4) is 0 Å². The summed E-state index contributed by atoms with van der Waals surface area (Å²) in [6.45, 7) is 5.77. The third-order valence-electron chi connectivity index (χ3n) is 2.86. The lowest BCUT2D eigenvalue weighted by Crippen LogP contribution is -2.14. The van der Waals surface area contributed by atoms with Gasteiger partial charge in [-0.05, 0) is 53.5 Å². The smallest absolute Gasteiger partial charge is 0.139 e. The van der Waals surface area contributed by atoms with E-state index in [1.54, 1.807) is 10.7 Å². The van der Waals surface area contributed by atoms with Crippen molar-refractivity contribution in [1.82, 2.24) is 15.1 Å². The highest BCUT2D eigenvalue weighted by molar-refractivity contribution is 9.10. The summed E-state index contributed by atoms with van der Waals surface area (Å²) in [5.41, 5.74) is 2.70. The Balaban J connectivity index is 2.20. The van der Waals surface area contributed by atoms with E-state index in [9.17, 15) is 4.39 Å². The molecule has 0 atom stereocenters. The Morgan fingerprint density at radius 1 is 1.42 bits per heavy atom. The summed E-state index contributed by atoms with van der Waals surface area (Å²) in [6.07, 6.45) is 2.95. The van der Waals surface area contributed by atoms with Gasteiger partial charge >= 0.3 is 0 Å². The maximum absolute atomic E-state index is 13.6. The third-order valence-corrected chi connectivity index (χ3v) is 3.47. The second kappa shape index (κ2) is 6.30. The minimum absolute atomic E-state index is 0.276. The number of halogens is 2. The molecule has 0 aliphatic rings. The molecule has 0 saturated heterocycles. The molecule has 102 valence electrons. The van der Waals surface area contributed by atoms with Gasteiger partial charge in [-0.3, -0.25) is 0 Å². The summed E-state index contributed by atoms with van der Waals surface area (Å²) in [5.74, 6) is -0.276. The largest absolute Gasteiger partial charge is 0.311 e. The zero-order valence-corrected chi connectivity index (χ0v) is 12.7. The summed E-state index contributed by atoms with van der Waals surface area (Å²) < 4.78 is 15.8. The molecule has 1 heterocycles. The van der Waals surface area contributed by atoms with Crippen molar-refractivity contribution in [3.8, 4) is 5.69 Å². The van der Waals surface area contributed by atoms with E-state index in [2.05, 4.69) is 33.3 Å². The first kappa shape index (κ1) is 14.2. The Morgan fingerprint density at radius 3 is 2.95 bits per heavy atom. The van der Waals surface area contributed by atoms with Crippen LogP contribution in [0.5, 0.6) is 0 Å². The monoisotopic (exact) mass is 325 g/mol. The molecule has 0 aliphatic carbocycles. The molecule has 1 aromatic heterocycles. The highest BCUT2D eigenvalue weighted by Crippen LogP contribution is 2.22. The van der Waals surface area contributed by atoms with E-state index in [4.69, 9.17) is 0 Å². The first-order chi connectivity index (χ1) is 9.11. The van der Waals surface area contributed by atoms with Crippen LogP contribution in [0.25, 0.3) is 5.69 Å². The molecule has 3 nitrogen and oxygen atoms in total. The molecule has 0 spiro atoms. The number of aryl methyl sites for hydroxylation is 1. The molecule has 0 radical (unpaired) electrons. The Labute approximate surface area is 121 Å². The molecule has 0 amide bonds. The highest BCUT2D eigenvalue weighted by atomic mass is 79.9. The van der Waals surface area contributed by atoms with Gasteiger partial charge in [-0.2, -0.15) is 5.10 Å². The molecule has 0 unspecified atom stereocenters. The minimum Gasteiger partial charge on any atom is -0.311 e. The molecule has 0 aliphatic heterocycles. The number of nitrogens with zero attached hydrogens (tertiary/aromatic N) is 2. The Bertz CT molecular complexity index is 566. The maximum atomic E-state index is 13.6. The van der Waals surface area contributed by atoms with Crippen molar-refractivity contribution in [3.05, 3.63) is 45.9 Å². The van der Waals surface area contributed by atoms with E-state index >= 15 is 0 Å². The van der Waals surface area contributed by atoms with Crippen LogP contribution in [0.2, 0.25) is 0 Å². The lowest BCUT2D eigenvalue weighted by atomic mass is 10.2. The first-order valence-corrected chi connectivity index (χ1v) is 7.12. The van der Waals surface area contributed by atoms with Crippen molar-refractivity contribution < 1.29 is 4.39 Å². The Hall–Kier alpha value is -1.20. The van der Waals surface area contributed by atoms with Gasteiger partial charge in [-0.15, -0.1) is 0 Å². The average Bonchev–Trinajstić information content (AvgIpc) is 2.83. The fraction of sp³-hybridized carbons (Fsp3) is 0.357. The van der Waals surface area contributed by atoms with Gasteiger partial charge in [0.2, 0.25) is 0 Å². The summed E-state index contributed by atoms with van der Waals surface area (Å²) in [6, 6.07) is 5.21. The van der Waals surface area contributed by atoms with Crippen LogP contribution in [0.15, 0.2) is 28.9 Å². The van der Waals surface area contributed by atoms with E-state index in [0.717, 1.165) is 36.5 Å². The molecule has 0 fully saturated rings. The van der Waals surface area contributed by atoms with Gasteiger partial charge in [0, 0.05) is 18.8 Å². The zero-order chi connectivity index (χ0) is 13.8. The number of aromatic nitrogens is 2. The molecule has 0 saturated carbocycles. The van der Waals surface area contributed by atoms with Crippen LogP contribution in [0.4, 0.5) is 4.39 Å². The minimum atomic E-state index is -0.276. The SMILES string of the molecule is CCCNCc1ccn(-c2cc(F)c(Br)cc2C)n1. The molecular formula is C14H17BrFN3. The fourth-order valence-electron chi connectivity index (χ4n) is 1.87. The first-order valence-electron chi connectivity index (χ1n) is 6.33. The summed E-state index contributed by atoms with van der Waals surface area (Å²) >= 11 is 3.19. The van der Waals surface area contributed by atoms with Gasteiger partial charge in [0.15, 0.2) is 0 Å². The van der Waals surface area contributed by atoms with Crippen molar-refractivity contribution >= 4 is 15.9 Å². The van der Waals surface area contributed by atoms with Crippen LogP contribution in [0, 0.1) is 12.7 Å². The second-order valence-electron chi connectivity index (χ2n) is 4.48. The van der Waals surface area contributed by atoms with Gasteiger partial charge < -0.3 is 5.32 Å². The van der Waals surface area contributed by atoms with E-state index in [1.807, 2.05) is 19.2 Å². The molecule has 1 N–H and O–H groups in total. The van der Waals surface area contributed by atoms with Gasteiger partial charge in [0.25, 0.3) is 0 Å². The van der Waals surface area contributed by atoms with Gasteiger partial charge in [0.05, 0.1) is 15.9 Å². The van der Waals surface area contributed by atoms with Crippen LogP contribution >= 0.6 is 15.9 Å². The van der Waals surface area contributed by atoms with Gasteiger partial charge in [0.1, 0.15) is 5.82 Å². The van der Waals surface area contributed by atoms with E-state index < -0.39 is 0 Å². The second-order valence-corrected chi connectivity index (χ2v) is 5.34. The van der Waals surface area contributed by atoms with Crippen molar-refractivity contribution in [2.24, 2.45) is 0 Å². The van der Waals surface area contributed by atoms with Crippen LogP contribution in [-0.4, -0.2) is 16.3 Å². The molecule has 19 heavy (non-hydrogen) atoms. The van der Waals surface area contributed by atoms with Crippen molar-refractivity contribution in [2.45, 2.75) is 26.8 Å². The van der Waals surface area contributed by atoms with Crippen molar-refractivity contribution in [2.75, 3.05) is 6.54 Å². The molecule has 2 aromatic rings. The Morgan fingerprint density at radius 2 is 2.21 bits per heavy atom. The van der Waals surface area contributed by atoms with Crippen molar-refractivity contribution in [1.29, 1.82) is 0 Å². The summed E-state index contributed by atoms with van der Waals surface area (Å²) in [4.78, 5) is 0. The standard InChI is InChI=1S/C14H17BrFN3/c1-3-5-17-9-11-4-6-19(18-11)14-8-13(16)12(15)7-10(14)2/h4,6-8,17H,3,5,9H2,1-2H3. The summed E-state index contributed by atoms with van der Waals surface area (Å²) in [5, 5.41) is 7.75. The topological polar surface area (TPSA) is 29.9 Å². The molecule has 1 aromatic carbocycles. The van der Waals surface area contributed by atoms with Gasteiger partial charge in [-0.25, -0.2) is 9.07 Å². The average molecular weight is 326 g/mol. The highest BCUT2D eigenvalue weighted by Gasteiger charge is 2.08. The van der Waals surface area contributed by atoms with Crippen LogP contribution < -0.4 is 5.32 Å². The number of nitrogens with one attached hydrogen (secondary N) is 1. The van der Waals surface area contributed by atoms with E-state index in [0.29, 0.717) is 4.47 Å². The number of hydrogen-bond acceptors (Lipinski definition) is 2. The Kier molecular flexibility index (Phi) is 4.71. The predicted molar refractivity (Wildman–Crippen MR) is 78.0 cm³/mol. The van der Waals surface area contributed by atoms with Crippen molar-refractivity contribution in [3.63, 3.8) is 0 Å². The third kappa shape index (κ3) is 3.42. The molecule has 2 rings (SSSR count). The number of benzene rings is 1. The number of rotatable bonds is 5. The number of hydrogen-bond donors (Lipinski definition) is 1. The van der Waals surface area contributed by atoms with E-state index in [1.165, 1.54) is 6.07 Å². The van der Waals surface area contributed by atoms with Crippen LogP contribution in [0.1, 0.15) is 24.6 Å².